The summed E-state index contributed by atoms with van der Waals surface area (Å²) >= 11 is 1.25. The zero-order valence-electron chi connectivity index (χ0n) is 18.1. The van der Waals surface area contributed by atoms with E-state index >= 15 is 0 Å². The number of aryl methyl sites for hydroxylation is 2. The molecule has 0 saturated heterocycles. The summed E-state index contributed by atoms with van der Waals surface area (Å²) < 4.78 is 3.77. The molecule has 33 heavy (non-hydrogen) atoms. The number of carbonyl (C=O) groups excluding carboxylic acids is 1. The monoisotopic (exact) mass is 459 g/mol. The standard InChI is InChI=1S/C23H21N7O2S/c1-14-7-9-15(10-8-14)30-21-20(22(32)26-13-25-21)28-23(30)33-12-19(31)24-11-18-27-16-5-3-4-6-17(16)29(18)2/h3-10,13H,11-12H2,1-2H3,(H,24,31)(H,25,26,32). The fraction of sp³-hybridized carbons (Fsp3) is 0.174. The van der Waals surface area contributed by atoms with Crippen molar-refractivity contribution >= 4 is 39.9 Å². The van der Waals surface area contributed by atoms with Crippen molar-refractivity contribution in [1.29, 1.82) is 0 Å². The Bertz CT molecular complexity index is 1530. The van der Waals surface area contributed by atoms with Gasteiger partial charge in [-0.25, -0.2) is 15.0 Å². The van der Waals surface area contributed by atoms with Crippen LogP contribution in [0, 0.1) is 6.92 Å². The van der Waals surface area contributed by atoms with Gasteiger partial charge in [-0.1, -0.05) is 41.6 Å². The van der Waals surface area contributed by atoms with Gasteiger partial charge in [0.1, 0.15) is 5.82 Å². The minimum atomic E-state index is -0.320. The minimum Gasteiger partial charge on any atom is -0.348 e. The molecule has 0 aliphatic heterocycles. The number of carbonyl (C=O) groups is 1. The highest BCUT2D eigenvalue weighted by Crippen LogP contribution is 2.25. The average Bonchev–Trinajstić information content (AvgIpc) is 3.35. The third-order valence-electron chi connectivity index (χ3n) is 5.37. The van der Waals surface area contributed by atoms with E-state index in [1.165, 1.54) is 18.1 Å². The van der Waals surface area contributed by atoms with Gasteiger partial charge >= 0.3 is 0 Å². The number of aromatic amines is 1. The molecular formula is C23H21N7O2S. The highest BCUT2D eigenvalue weighted by molar-refractivity contribution is 7.99. The van der Waals surface area contributed by atoms with E-state index in [2.05, 4.69) is 25.3 Å². The Morgan fingerprint density at radius 3 is 2.70 bits per heavy atom. The van der Waals surface area contributed by atoms with Crippen LogP contribution >= 0.6 is 11.8 Å². The van der Waals surface area contributed by atoms with Gasteiger partial charge in [0.2, 0.25) is 5.91 Å². The molecule has 5 rings (SSSR count). The topological polar surface area (TPSA) is 110 Å². The first-order valence-corrected chi connectivity index (χ1v) is 11.3. The smallest absolute Gasteiger partial charge is 0.278 e. The number of para-hydroxylation sites is 2. The first kappa shape index (κ1) is 21.0. The van der Waals surface area contributed by atoms with Crippen LogP contribution in [-0.2, 0) is 18.4 Å². The van der Waals surface area contributed by atoms with Gasteiger partial charge in [-0.2, -0.15) is 0 Å². The summed E-state index contributed by atoms with van der Waals surface area (Å²) in [5.41, 5.74) is 4.21. The number of fused-ring (bicyclic) bond motifs is 2. The number of benzene rings is 2. The quantitative estimate of drug-likeness (QED) is 0.378. The molecule has 0 radical (unpaired) electrons. The Morgan fingerprint density at radius 1 is 1.12 bits per heavy atom. The molecule has 3 aromatic heterocycles. The molecule has 1 amide bonds. The van der Waals surface area contributed by atoms with Crippen molar-refractivity contribution < 1.29 is 4.79 Å². The fourth-order valence-corrected chi connectivity index (χ4v) is 4.46. The van der Waals surface area contributed by atoms with Crippen molar-refractivity contribution in [1.82, 2.24) is 34.4 Å². The van der Waals surface area contributed by atoms with Crippen LogP contribution in [-0.4, -0.2) is 40.7 Å². The van der Waals surface area contributed by atoms with Crippen LogP contribution in [0.2, 0.25) is 0 Å². The Labute approximate surface area is 192 Å². The van der Waals surface area contributed by atoms with Crippen molar-refractivity contribution in [3.63, 3.8) is 0 Å². The van der Waals surface area contributed by atoms with E-state index in [-0.39, 0.29) is 22.7 Å². The van der Waals surface area contributed by atoms with E-state index in [0.29, 0.717) is 17.3 Å². The summed E-state index contributed by atoms with van der Waals surface area (Å²) in [4.78, 5) is 40.8. The molecule has 10 heteroatoms. The molecule has 0 saturated carbocycles. The number of imidazole rings is 2. The van der Waals surface area contributed by atoms with E-state index in [1.807, 2.05) is 67.1 Å². The summed E-state index contributed by atoms with van der Waals surface area (Å²) in [6.07, 6.45) is 1.36. The maximum absolute atomic E-state index is 12.6. The highest BCUT2D eigenvalue weighted by Gasteiger charge is 2.18. The van der Waals surface area contributed by atoms with Gasteiger partial charge in [-0.05, 0) is 31.2 Å². The average molecular weight is 460 g/mol. The van der Waals surface area contributed by atoms with Gasteiger partial charge in [0.15, 0.2) is 16.3 Å². The lowest BCUT2D eigenvalue weighted by Gasteiger charge is -2.09. The van der Waals surface area contributed by atoms with E-state index in [0.717, 1.165) is 28.1 Å². The number of rotatable bonds is 6. The van der Waals surface area contributed by atoms with Crippen LogP contribution in [0.25, 0.3) is 27.9 Å². The van der Waals surface area contributed by atoms with Crippen molar-refractivity contribution in [2.24, 2.45) is 7.05 Å². The zero-order chi connectivity index (χ0) is 22.9. The van der Waals surface area contributed by atoms with Gasteiger partial charge in [-0.15, -0.1) is 0 Å². The number of hydrogen-bond donors (Lipinski definition) is 2. The van der Waals surface area contributed by atoms with Crippen molar-refractivity contribution in [2.45, 2.75) is 18.6 Å². The molecule has 0 bridgehead atoms. The van der Waals surface area contributed by atoms with Crippen LogP contribution in [0.4, 0.5) is 0 Å². The van der Waals surface area contributed by atoms with Crippen LogP contribution in [0.5, 0.6) is 0 Å². The van der Waals surface area contributed by atoms with E-state index < -0.39 is 0 Å². The zero-order valence-corrected chi connectivity index (χ0v) is 18.9. The first-order valence-electron chi connectivity index (χ1n) is 10.3. The lowest BCUT2D eigenvalue weighted by atomic mass is 10.2. The molecule has 0 spiro atoms. The Hall–Kier alpha value is -3.92. The highest BCUT2D eigenvalue weighted by atomic mass is 32.2. The Morgan fingerprint density at radius 2 is 1.91 bits per heavy atom. The molecule has 0 aliphatic rings. The molecule has 2 aromatic carbocycles. The largest absolute Gasteiger partial charge is 0.348 e. The molecule has 0 atom stereocenters. The fourth-order valence-electron chi connectivity index (χ4n) is 3.62. The van der Waals surface area contributed by atoms with Gasteiger partial charge in [0.25, 0.3) is 5.56 Å². The molecule has 2 N–H and O–H groups in total. The van der Waals surface area contributed by atoms with Gasteiger partial charge < -0.3 is 14.9 Å². The third-order valence-corrected chi connectivity index (χ3v) is 6.31. The molecule has 9 nitrogen and oxygen atoms in total. The number of nitrogens with zero attached hydrogens (tertiary/aromatic N) is 5. The van der Waals surface area contributed by atoms with Crippen LogP contribution in [0.15, 0.2) is 64.8 Å². The summed E-state index contributed by atoms with van der Waals surface area (Å²) in [7, 11) is 1.93. The van der Waals surface area contributed by atoms with Crippen molar-refractivity contribution in [3.8, 4) is 5.69 Å². The number of nitrogens with one attached hydrogen (secondary N) is 2. The summed E-state index contributed by atoms with van der Waals surface area (Å²) in [6.45, 7) is 2.32. The van der Waals surface area contributed by atoms with Crippen LogP contribution in [0.3, 0.4) is 0 Å². The number of H-pyrrole nitrogens is 1. The second kappa shape index (κ2) is 8.55. The number of thioether (sulfide) groups is 1. The molecule has 5 aromatic rings. The molecule has 166 valence electrons. The summed E-state index contributed by atoms with van der Waals surface area (Å²) in [5.74, 6) is 0.755. The first-order chi connectivity index (χ1) is 16.0. The Kier molecular flexibility index (Phi) is 5.43. The third kappa shape index (κ3) is 4.00. The van der Waals surface area contributed by atoms with Crippen LogP contribution < -0.4 is 10.9 Å². The lowest BCUT2D eigenvalue weighted by molar-refractivity contribution is -0.118. The number of aromatic nitrogens is 6. The molecule has 0 unspecified atom stereocenters. The van der Waals surface area contributed by atoms with E-state index in [9.17, 15) is 9.59 Å². The van der Waals surface area contributed by atoms with Crippen molar-refractivity contribution in [2.75, 3.05) is 5.75 Å². The Balaban J connectivity index is 1.35. The molecule has 0 fully saturated rings. The normalized spacial score (nSPS) is 11.3. The van der Waals surface area contributed by atoms with Gasteiger partial charge in [0, 0.05) is 12.7 Å². The summed E-state index contributed by atoms with van der Waals surface area (Å²) in [6, 6.07) is 15.7. The van der Waals surface area contributed by atoms with Crippen LogP contribution in [0.1, 0.15) is 11.4 Å². The number of hydrogen-bond acceptors (Lipinski definition) is 6. The second-order valence-electron chi connectivity index (χ2n) is 7.61. The predicted octanol–water partition coefficient (Wildman–Crippen LogP) is 2.71. The minimum absolute atomic E-state index is 0.136. The van der Waals surface area contributed by atoms with E-state index in [1.54, 1.807) is 4.57 Å². The maximum atomic E-state index is 12.6. The predicted molar refractivity (Wildman–Crippen MR) is 128 cm³/mol. The maximum Gasteiger partial charge on any atom is 0.278 e. The second-order valence-corrected chi connectivity index (χ2v) is 8.55. The lowest BCUT2D eigenvalue weighted by Crippen LogP contribution is -2.26. The number of amides is 1. The molecule has 0 aliphatic carbocycles. The SMILES string of the molecule is Cc1ccc(-n2c(SCC(=O)NCc3nc4ccccc4n3C)nc3c(=O)[nH]cnc32)cc1. The van der Waals surface area contributed by atoms with Crippen molar-refractivity contribution in [3.05, 3.63) is 76.6 Å². The molecule has 3 heterocycles. The van der Waals surface area contributed by atoms with E-state index in [4.69, 9.17) is 0 Å². The van der Waals surface area contributed by atoms with Gasteiger partial charge in [0.05, 0.1) is 29.7 Å². The summed E-state index contributed by atoms with van der Waals surface area (Å²) in [5, 5.41) is 3.44. The van der Waals surface area contributed by atoms with Gasteiger partial charge in [-0.3, -0.25) is 14.2 Å². The molecular weight excluding hydrogens is 438 g/mol.